The molecule has 0 N–H and O–H groups in total. The molecule has 0 saturated carbocycles. The van der Waals surface area contributed by atoms with Crippen LogP contribution < -0.4 is 4.89 Å². The molecule has 9 heteroatoms. The molecule has 0 aliphatic heterocycles. The summed E-state index contributed by atoms with van der Waals surface area (Å²) >= 11 is 0. The predicted molar refractivity (Wildman–Crippen MR) is 110 cm³/mol. The maximum Gasteiger partial charge on any atom is 0.333 e. The molecule has 0 aliphatic rings. The Labute approximate surface area is 173 Å². The van der Waals surface area contributed by atoms with Crippen molar-refractivity contribution in [1.29, 1.82) is 0 Å². The number of carbonyl (C=O) groups is 1. The molecule has 29 heavy (non-hydrogen) atoms. The lowest BCUT2D eigenvalue weighted by molar-refractivity contribution is -0.870. The van der Waals surface area contributed by atoms with Crippen LogP contribution in [0, 0.1) is 0 Å². The first-order valence-corrected chi connectivity index (χ1v) is 10.8. The predicted octanol–water partition coefficient (Wildman–Crippen LogP) is 1.81. The van der Waals surface area contributed by atoms with Crippen molar-refractivity contribution in [2.24, 2.45) is 0 Å². The first-order chi connectivity index (χ1) is 13.4. The van der Waals surface area contributed by atoms with E-state index in [2.05, 4.69) is 6.58 Å². The Morgan fingerprint density at radius 2 is 1.90 bits per heavy atom. The van der Waals surface area contributed by atoms with Crippen molar-refractivity contribution in [3.63, 3.8) is 0 Å². The summed E-state index contributed by atoms with van der Waals surface area (Å²) in [5.41, 5.74) is 1.29. The van der Waals surface area contributed by atoms with E-state index in [1.165, 1.54) is 6.92 Å². The molecule has 0 aliphatic carbocycles. The molecule has 0 spiro atoms. The third kappa shape index (κ3) is 11.9. The van der Waals surface area contributed by atoms with Crippen molar-refractivity contribution in [2.45, 2.75) is 19.6 Å². The van der Waals surface area contributed by atoms with Crippen molar-refractivity contribution < 1.29 is 32.5 Å². The van der Waals surface area contributed by atoms with Crippen LogP contribution in [-0.4, -0.2) is 76.0 Å². The fourth-order valence-electron chi connectivity index (χ4n) is 2.36. The highest BCUT2D eigenvalue weighted by Crippen LogP contribution is 2.40. The number of hydrogen-bond donors (Lipinski definition) is 0. The smallest absolute Gasteiger partial charge is 0.333 e. The number of hydrogen-bond acceptors (Lipinski definition) is 7. The molecule has 8 nitrogen and oxygen atoms in total. The van der Waals surface area contributed by atoms with Crippen LogP contribution in [0.5, 0.6) is 0 Å². The first kappa shape index (κ1) is 25.5. The molecule has 0 saturated heterocycles. The van der Waals surface area contributed by atoms with E-state index in [0.717, 1.165) is 5.56 Å². The zero-order chi connectivity index (χ0) is 22.1. The lowest BCUT2D eigenvalue weighted by atomic mass is 10.2. The number of likely N-dealkylation sites (N-methyl/N-ethyl adjacent to an activating group) is 2. The van der Waals surface area contributed by atoms with Gasteiger partial charge in [-0.2, -0.15) is 0 Å². The zero-order valence-electron chi connectivity index (χ0n) is 18.0. The number of carbonyl (C=O) groups excluding carboxylic acids is 1. The molecule has 0 amide bonds. The molecule has 0 radical (unpaired) electrons. The molecule has 2 atom stereocenters. The lowest BCUT2D eigenvalue weighted by Gasteiger charge is -2.31. The topological polar surface area (TPSA) is 88.1 Å². The van der Waals surface area contributed by atoms with Gasteiger partial charge in [0.15, 0.2) is 0 Å². The third-order valence-corrected chi connectivity index (χ3v) is 4.90. The SMILES string of the molecule is C=C(C)C(=O)OCC(CN(C)Cc1ccccc1)OP(=O)([O-])OCC[N+](C)(C)C. The summed E-state index contributed by atoms with van der Waals surface area (Å²) in [5.74, 6) is -0.601. The Balaban J connectivity index is 2.71. The molecular formula is C20H33N2O6P. The number of phosphoric ester groups is 1. The second kappa shape index (κ2) is 11.6. The third-order valence-electron chi connectivity index (χ3n) is 3.85. The minimum absolute atomic E-state index is 0.00239. The van der Waals surface area contributed by atoms with E-state index in [9.17, 15) is 14.3 Å². The Morgan fingerprint density at radius 1 is 1.28 bits per heavy atom. The molecule has 1 aromatic rings. The van der Waals surface area contributed by atoms with Gasteiger partial charge in [0, 0.05) is 18.7 Å². The van der Waals surface area contributed by atoms with Gasteiger partial charge in [-0.1, -0.05) is 36.9 Å². The minimum Gasteiger partial charge on any atom is -0.756 e. The van der Waals surface area contributed by atoms with Gasteiger partial charge in [0.2, 0.25) is 0 Å². The van der Waals surface area contributed by atoms with E-state index in [1.807, 2.05) is 63.4 Å². The van der Waals surface area contributed by atoms with Gasteiger partial charge < -0.3 is 23.2 Å². The number of quaternary nitrogens is 1. The van der Waals surface area contributed by atoms with Crippen LogP contribution in [0.1, 0.15) is 12.5 Å². The van der Waals surface area contributed by atoms with Crippen molar-refractivity contribution >= 4 is 13.8 Å². The van der Waals surface area contributed by atoms with Crippen LogP contribution in [0.4, 0.5) is 0 Å². The van der Waals surface area contributed by atoms with Crippen LogP contribution in [0.2, 0.25) is 0 Å². The minimum atomic E-state index is -4.56. The average molecular weight is 428 g/mol. The fourth-order valence-corrected chi connectivity index (χ4v) is 3.21. The quantitative estimate of drug-likeness (QED) is 0.205. The highest BCUT2D eigenvalue weighted by Gasteiger charge is 2.23. The normalized spacial score (nSPS) is 15.0. The Kier molecular flexibility index (Phi) is 10.2. The first-order valence-electron chi connectivity index (χ1n) is 9.37. The van der Waals surface area contributed by atoms with E-state index in [0.29, 0.717) is 17.6 Å². The molecule has 0 bridgehead atoms. The summed E-state index contributed by atoms with van der Waals surface area (Å²) in [4.78, 5) is 25.8. The monoisotopic (exact) mass is 428 g/mol. The Morgan fingerprint density at radius 3 is 2.45 bits per heavy atom. The van der Waals surface area contributed by atoms with Gasteiger partial charge in [-0.25, -0.2) is 4.79 Å². The van der Waals surface area contributed by atoms with Crippen molar-refractivity contribution in [3.8, 4) is 0 Å². The van der Waals surface area contributed by atoms with Crippen LogP contribution >= 0.6 is 7.82 Å². The highest BCUT2D eigenvalue weighted by molar-refractivity contribution is 7.45. The van der Waals surface area contributed by atoms with Gasteiger partial charge in [-0.3, -0.25) is 9.46 Å². The summed E-state index contributed by atoms with van der Waals surface area (Å²) < 4.78 is 28.1. The van der Waals surface area contributed by atoms with E-state index < -0.39 is 19.9 Å². The Hall–Kier alpha value is -1.54. The maximum atomic E-state index is 12.2. The van der Waals surface area contributed by atoms with Crippen LogP contribution in [0.15, 0.2) is 42.5 Å². The summed E-state index contributed by atoms with van der Waals surface area (Å²) in [7, 11) is 3.06. The van der Waals surface area contributed by atoms with Gasteiger partial charge in [-0.05, 0) is 19.5 Å². The number of esters is 1. The van der Waals surface area contributed by atoms with E-state index in [4.69, 9.17) is 13.8 Å². The number of ether oxygens (including phenoxy) is 1. The number of rotatable bonds is 13. The van der Waals surface area contributed by atoms with Gasteiger partial charge >= 0.3 is 5.97 Å². The molecule has 0 fully saturated rings. The van der Waals surface area contributed by atoms with Crippen LogP contribution in [-0.2, 0) is 29.7 Å². The van der Waals surface area contributed by atoms with Gasteiger partial charge in [0.05, 0.1) is 21.1 Å². The molecule has 2 unspecified atom stereocenters. The zero-order valence-corrected chi connectivity index (χ0v) is 18.9. The second-order valence-electron chi connectivity index (χ2n) is 8.08. The lowest BCUT2D eigenvalue weighted by Crippen LogP contribution is -2.38. The molecular weight excluding hydrogens is 395 g/mol. The maximum absolute atomic E-state index is 12.2. The number of benzene rings is 1. The van der Waals surface area contributed by atoms with E-state index >= 15 is 0 Å². The molecule has 1 rings (SSSR count). The van der Waals surface area contributed by atoms with Gasteiger partial charge in [0.25, 0.3) is 7.82 Å². The molecule has 1 aromatic carbocycles. The van der Waals surface area contributed by atoms with E-state index in [-0.39, 0.29) is 25.3 Å². The second-order valence-corrected chi connectivity index (χ2v) is 9.45. The average Bonchev–Trinajstić information content (AvgIpc) is 2.58. The van der Waals surface area contributed by atoms with Crippen molar-refractivity contribution in [2.75, 3.05) is 54.5 Å². The van der Waals surface area contributed by atoms with Crippen LogP contribution in [0.3, 0.4) is 0 Å². The molecule has 164 valence electrons. The fraction of sp³-hybridized carbons (Fsp3) is 0.550. The largest absolute Gasteiger partial charge is 0.756 e. The van der Waals surface area contributed by atoms with E-state index in [1.54, 1.807) is 0 Å². The molecule has 0 heterocycles. The van der Waals surface area contributed by atoms with Crippen molar-refractivity contribution in [1.82, 2.24) is 4.90 Å². The Bertz CT molecular complexity index is 705. The number of nitrogens with zero attached hydrogens (tertiary/aromatic N) is 2. The van der Waals surface area contributed by atoms with Gasteiger partial charge in [-0.15, -0.1) is 0 Å². The summed E-state index contributed by atoms with van der Waals surface area (Å²) in [6.07, 6.45) is -0.903. The van der Waals surface area contributed by atoms with Crippen LogP contribution in [0.25, 0.3) is 0 Å². The molecule has 0 aromatic heterocycles. The summed E-state index contributed by atoms with van der Waals surface area (Å²) in [6.45, 7) is 6.12. The number of phosphoric acid groups is 1. The highest BCUT2D eigenvalue weighted by atomic mass is 31.2. The van der Waals surface area contributed by atoms with Crippen molar-refractivity contribution in [3.05, 3.63) is 48.0 Å². The summed E-state index contributed by atoms with van der Waals surface area (Å²) in [5, 5.41) is 0. The van der Waals surface area contributed by atoms with Gasteiger partial charge in [0.1, 0.15) is 25.9 Å². The standard InChI is InChI=1S/C20H33N2O6P/c1-17(2)20(23)26-16-19(15-21(3)14-18-10-8-7-9-11-18)28-29(24,25)27-13-12-22(4,5)6/h7-11,19H,1,12-16H2,2-6H3. The summed E-state index contributed by atoms with van der Waals surface area (Å²) in [6, 6.07) is 9.73.